The highest BCUT2D eigenvalue weighted by atomic mass is 32.2. The van der Waals surface area contributed by atoms with Crippen molar-refractivity contribution in [2.24, 2.45) is 5.92 Å². The molecule has 0 aliphatic heterocycles. The quantitative estimate of drug-likeness (QED) is 0.337. The van der Waals surface area contributed by atoms with E-state index in [2.05, 4.69) is 15.3 Å². The molecule has 3 aromatic carbocycles. The highest BCUT2D eigenvalue weighted by Crippen LogP contribution is 2.23. The summed E-state index contributed by atoms with van der Waals surface area (Å²) < 4.78 is 25.2. The number of benzene rings is 3. The minimum absolute atomic E-state index is 0.0609. The molecule has 0 bridgehead atoms. The Morgan fingerprint density at radius 2 is 1.72 bits per heavy atom. The lowest BCUT2D eigenvalue weighted by molar-refractivity contribution is 0.0940. The highest BCUT2D eigenvalue weighted by molar-refractivity contribution is 7.91. The van der Waals surface area contributed by atoms with Gasteiger partial charge in [-0.15, -0.1) is 0 Å². The average Bonchev–Trinajstić information content (AvgIpc) is 2.87. The Hall–Kier alpha value is -3.82. The number of fused-ring (bicyclic) bond motifs is 1. The number of amides is 1. The van der Waals surface area contributed by atoms with Crippen molar-refractivity contribution in [1.29, 1.82) is 0 Å². The number of aromatic amines is 1. The Kier molecular flexibility index (Phi) is 7.32. The van der Waals surface area contributed by atoms with Crippen LogP contribution in [0.15, 0.2) is 82.5 Å². The molecule has 0 saturated carbocycles. The number of hydrogen-bond acceptors (Lipinski definition) is 6. The van der Waals surface area contributed by atoms with Gasteiger partial charge in [0, 0.05) is 6.54 Å². The van der Waals surface area contributed by atoms with Gasteiger partial charge in [0.25, 0.3) is 11.5 Å². The molecule has 186 valence electrons. The van der Waals surface area contributed by atoms with Crippen molar-refractivity contribution in [1.82, 2.24) is 15.3 Å². The number of aromatic nitrogens is 2. The average molecular weight is 506 g/mol. The summed E-state index contributed by atoms with van der Waals surface area (Å²) in [6.45, 7) is 3.76. The summed E-state index contributed by atoms with van der Waals surface area (Å²) in [4.78, 5) is 31.7. The molecule has 1 aromatic heterocycles. The van der Waals surface area contributed by atoms with Crippen LogP contribution in [-0.2, 0) is 16.4 Å². The Morgan fingerprint density at radius 1 is 1.00 bits per heavy atom. The minimum atomic E-state index is -3.60. The topological polar surface area (TPSA) is 129 Å². The smallest absolute Gasteiger partial charge is 0.287 e. The molecule has 4 rings (SSSR count). The monoisotopic (exact) mass is 505 g/mol. The van der Waals surface area contributed by atoms with Crippen molar-refractivity contribution >= 4 is 26.6 Å². The van der Waals surface area contributed by atoms with Crippen molar-refractivity contribution in [3.8, 4) is 11.1 Å². The van der Waals surface area contributed by atoms with Gasteiger partial charge in [0.1, 0.15) is 0 Å². The molecule has 4 aromatic rings. The second-order valence-corrected chi connectivity index (χ2v) is 11.0. The molecule has 1 amide bonds. The number of H-pyrrole nitrogens is 1. The minimum Gasteiger partial charge on any atom is -0.392 e. The van der Waals surface area contributed by atoms with Crippen LogP contribution in [0, 0.1) is 5.92 Å². The van der Waals surface area contributed by atoms with Crippen LogP contribution in [0.1, 0.15) is 30.0 Å². The summed E-state index contributed by atoms with van der Waals surface area (Å²) in [6, 6.07) is 20.8. The fourth-order valence-corrected chi connectivity index (χ4v) is 5.27. The van der Waals surface area contributed by atoms with E-state index >= 15 is 0 Å². The van der Waals surface area contributed by atoms with Crippen molar-refractivity contribution in [3.05, 3.63) is 94.5 Å². The molecule has 8 nitrogen and oxygen atoms in total. The van der Waals surface area contributed by atoms with Crippen LogP contribution >= 0.6 is 0 Å². The number of nitrogens with one attached hydrogen (secondary N) is 2. The van der Waals surface area contributed by atoms with E-state index in [1.807, 2.05) is 24.3 Å². The first-order valence-corrected chi connectivity index (χ1v) is 13.2. The number of rotatable bonds is 8. The fourth-order valence-electron chi connectivity index (χ4n) is 3.69. The van der Waals surface area contributed by atoms with Crippen molar-refractivity contribution in [2.45, 2.75) is 31.4 Å². The Bertz CT molecular complexity index is 1560. The SMILES string of the molecule is CC(C)C(O)CS(=O)(=O)c1ccc(-c2cccc(CNC(=O)c3nc4ccccc4c(=O)[nH]3)c2)cc1. The zero-order chi connectivity index (χ0) is 25.9. The second kappa shape index (κ2) is 10.4. The maximum Gasteiger partial charge on any atom is 0.287 e. The summed E-state index contributed by atoms with van der Waals surface area (Å²) in [5.41, 5.74) is 2.55. The van der Waals surface area contributed by atoms with Gasteiger partial charge in [0.05, 0.1) is 27.7 Å². The van der Waals surface area contributed by atoms with Gasteiger partial charge in [0.2, 0.25) is 0 Å². The number of carbonyl (C=O) groups is 1. The van der Waals surface area contributed by atoms with Gasteiger partial charge in [-0.3, -0.25) is 9.59 Å². The molecular formula is C27H27N3O5S. The molecule has 0 aliphatic rings. The van der Waals surface area contributed by atoms with E-state index in [0.29, 0.717) is 10.9 Å². The Labute approximate surface area is 209 Å². The fraction of sp³-hybridized carbons (Fsp3) is 0.222. The highest BCUT2D eigenvalue weighted by Gasteiger charge is 2.22. The lowest BCUT2D eigenvalue weighted by Crippen LogP contribution is -2.27. The molecule has 9 heteroatoms. The van der Waals surface area contributed by atoms with Gasteiger partial charge in [-0.1, -0.05) is 56.3 Å². The molecule has 3 N–H and O–H groups in total. The summed E-state index contributed by atoms with van der Waals surface area (Å²) in [5.74, 6) is -1.04. The Morgan fingerprint density at radius 3 is 2.44 bits per heavy atom. The van der Waals surface area contributed by atoms with Crippen LogP contribution in [-0.4, -0.2) is 41.3 Å². The molecule has 1 heterocycles. The van der Waals surface area contributed by atoms with Crippen molar-refractivity contribution in [2.75, 3.05) is 5.75 Å². The largest absolute Gasteiger partial charge is 0.392 e. The zero-order valence-corrected chi connectivity index (χ0v) is 20.7. The second-order valence-electron chi connectivity index (χ2n) is 8.93. The number of sulfone groups is 1. The van der Waals surface area contributed by atoms with Crippen LogP contribution in [0.5, 0.6) is 0 Å². The summed E-state index contributed by atoms with van der Waals surface area (Å²) >= 11 is 0. The van der Waals surface area contributed by atoms with Crippen LogP contribution in [0.2, 0.25) is 0 Å². The molecule has 36 heavy (non-hydrogen) atoms. The zero-order valence-electron chi connectivity index (χ0n) is 19.9. The predicted molar refractivity (Wildman–Crippen MR) is 138 cm³/mol. The van der Waals surface area contributed by atoms with E-state index in [-0.39, 0.29) is 34.5 Å². The van der Waals surface area contributed by atoms with E-state index in [1.165, 1.54) is 12.1 Å². The van der Waals surface area contributed by atoms with Crippen LogP contribution in [0.25, 0.3) is 22.0 Å². The van der Waals surface area contributed by atoms with Gasteiger partial charge in [-0.2, -0.15) is 0 Å². The van der Waals surface area contributed by atoms with Gasteiger partial charge in [0.15, 0.2) is 15.7 Å². The first-order valence-electron chi connectivity index (χ1n) is 11.5. The van der Waals surface area contributed by atoms with Gasteiger partial charge in [-0.25, -0.2) is 13.4 Å². The standard InChI is InChI=1S/C27H27N3O5S/c1-17(2)24(31)16-36(34,35)21-12-10-19(11-13-21)20-7-5-6-18(14-20)15-28-27(33)25-29-23-9-4-3-8-22(23)26(32)30-25/h3-14,17,24,31H,15-16H2,1-2H3,(H,28,33)(H,29,30,32). The number of aliphatic hydroxyl groups excluding tert-OH is 1. The van der Waals surface area contributed by atoms with E-state index in [9.17, 15) is 23.1 Å². The van der Waals surface area contributed by atoms with Crippen molar-refractivity contribution < 1.29 is 18.3 Å². The van der Waals surface area contributed by atoms with E-state index in [0.717, 1.165) is 16.7 Å². The molecule has 0 spiro atoms. The molecule has 1 unspecified atom stereocenters. The summed E-state index contributed by atoms with van der Waals surface area (Å²) in [6.07, 6.45) is -0.927. The summed E-state index contributed by atoms with van der Waals surface area (Å²) in [7, 11) is -3.60. The molecule has 0 aliphatic carbocycles. The van der Waals surface area contributed by atoms with E-state index in [4.69, 9.17) is 0 Å². The number of hydrogen-bond donors (Lipinski definition) is 3. The van der Waals surface area contributed by atoms with Gasteiger partial charge >= 0.3 is 0 Å². The van der Waals surface area contributed by atoms with E-state index < -0.39 is 21.8 Å². The number of aliphatic hydroxyl groups is 1. The molecule has 0 fully saturated rings. The first kappa shape index (κ1) is 25.3. The van der Waals surface area contributed by atoms with Crippen LogP contribution in [0.4, 0.5) is 0 Å². The van der Waals surface area contributed by atoms with Gasteiger partial charge < -0.3 is 15.4 Å². The number of nitrogens with zero attached hydrogens (tertiary/aromatic N) is 1. The predicted octanol–water partition coefficient (Wildman–Crippen LogP) is 3.31. The third-order valence-electron chi connectivity index (χ3n) is 5.91. The normalized spacial score (nSPS) is 12.6. The molecule has 0 saturated heterocycles. The molecule has 0 radical (unpaired) electrons. The molecular weight excluding hydrogens is 478 g/mol. The maximum absolute atomic E-state index is 12.6. The Balaban J connectivity index is 1.46. The maximum atomic E-state index is 12.6. The third-order valence-corrected chi connectivity index (χ3v) is 7.69. The summed E-state index contributed by atoms with van der Waals surface area (Å²) in [5, 5.41) is 13.2. The third kappa shape index (κ3) is 5.69. The van der Waals surface area contributed by atoms with Crippen LogP contribution < -0.4 is 10.9 Å². The molecule has 1 atom stereocenters. The first-order chi connectivity index (χ1) is 17.1. The van der Waals surface area contributed by atoms with Crippen molar-refractivity contribution in [3.63, 3.8) is 0 Å². The lowest BCUT2D eigenvalue weighted by Gasteiger charge is -2.14. The van der Waals surface area contributed by atoms with Gasteiger partial charge in [-0.05, 0) is 52.9 Å². The lowest BCUT2D eigenvalue weighted by atomic mass is 10.0. The van der Waals surface area contributed by atoms with E-state index in [1.54, 1.807) is 50.2 Å². The number of carbonyl (C=O) groups excluding carboxylic acids is 1. The van der Waals surface area contributed by atoms with Crippen LogP contribution in [0.3, 0.4) is 0 Å². The number of para-hydroxylation sites is 1.